The molecular formula is C26H24N6O3. The lowest BCUT2D eigenvalue weighted by Crippen LogP contribution is -2.57. The molecule has 35 heavy (non-hydrogen) atoms. The average molecular weight is 469 g/mol. The Balaban J connectivity index is 1.36. The lowest BCUT2D eigenvalue weighted by atomic mass is 10.0. The van der Waals surface area contributed by atoms with Gasteiger partial charge in [0.25, 0.3) is 0 Å². The van der Waals surface area contributed by atoms with E-state index in [-0.39, 0.29) is 24.1 Å². The zero-order valence-electron chi connectivity index (χ0n) is 19.4. The number of nitrogens with zero attached hydrogens (tertiary/aromatic N) is 5. The van der Waals surface area contributed by atoms with Crippen molar-refractivity contribution in [3.8, 4) is 11.1 Å². The van der Waals surface area contributed by atoms with E-state index in [4.69, 9.17) is 0 Å². The molecular weight excluding hydrogens is 444 g/mol. The molecule has 4 aromatic rings. The second-order valence-electron chi connectivity index (χ2n) is 8.58. The van der Waals surface area contributed by atoms with Crippen molar-refractivity contribution in [2.45, 2.75) is 32.9 Å². The molecule has 4 heterocycles. The van der Waals surface area contributed by atoms with Crippen molar-refractivity contribution in [1.29, 1.82) is 0 Å². The lowest BCUT2D eigenvalue weighted by Gasteiger charge is -2.39. The van der Waals surface area contributed by atoms with Crippen LogP contribution in [-0.2, 0) is 16.1 Å². The first-order valence-corrected chi connectivity index (χ1v) is 11.4. The highest BCUT2D eigenvalue weighted by atomic mass is 16.2. The number of hydrogen-bond acceptors (Lipinski definition) is 6. The first-order chi connectivity index (χ1) is 16.9. The van der Waals surface area contributed by atoms with Crippen LogP contribution in [0.25, 0.3) is 22.0 Å². The Hall–Kier alpha value is -4.40. The number of aryl methyl sites for hydroxylation is 1. The molecule has 0 bridgehead atoms. The topological polar surface area (TPSA) is 110 Å². The third-order valence-corrected chi connectivity index (χ3v) is 6.15. The van der Waals surface area contributed by atoms with E-state index in [0.717, 1.165) is 16.8 Å². The molecule has 2 amide bonds. The number of Topliss-reactive ketones (excluding diaryl/α,β-unsaturated/α-hetero) is 1. The van der Waals surface area contributed by atoms with E-state index in [9.17, 15) is 14.4 Å². The van der Waals surface area contributed by atoms with Crippen LogP contribution in [0.2, 0.25) is 0 Å². The fourth-order valence-electron chi connectivity index (χ4n) is 4.27. The van der Waals surface area contributed by atoms with Gasteiger partial charge in [0.05, 0.1) is 5.52 Å². The summed E-state index contributed by atoms with van der Waals surface area (Å²) in [5.41, 5.74) is 3.61. The summed E-state index contributed by atoms with van der Waals surface area (Å²) >= 11 is 0. The van der Waals surface area contributed by atoms with Gasteiger partial charge in [-0.3, -0.25) is 24.0 Å². The number of anilines is 1. The number of likely N-dealkylation sites (tertiary alicyclic amines) is 1. The fraction of sp³-hybridized carbons (Fsp3) is 0.231. The van der Waals surface area contributed by atoms with Crippen LogP contribution in [0.5, 0.6) is 0 Å². The average Bonchev–Trinajstić information content (AvgIpc) is 3.16. The summed E-state index contributed by atoms with van der Waals surface area (Å²) in [5.74, 6) is -0.220. The third-order valence-electron chi connectivity index (χ3n) is 6.15. The van der Waals surface area contributed by atoms with Crippen molar-refractivity contribution in [2.24, 2.45) is 0 Å². The summed E-state index contributed by atoms with van der Waals surface area (Å²) in [6.07, 6.45) is 4.04. The Morgan fingerprint density at radius 2 is 1.94 bits per heavy atom. The molecule has 1 aromatic carbocycles. The number of hydrogen-bond donors (Lipinski definition) is 1. The van der Waals surface area contributed by atoms with Gasteiger partial charge in [0.15, 0.2) is 5.78 Å². The molecule has 0 radical (unpaired) electrons. The largest absolute Gasteiger partial charge is 0.329 e. The number of carbonyl (C=O) groups excluding carboxylic acids is 3. The van der Waals surface area contributed by atoms with Crippen LogP contribution >= 0.6 is 0 Å². The minimum Gasteiger partial charge on any atom is -0.329 e. The SMILES string of the molecule is CC(=O)c1nn(CC(=O)N2CCC2C(=O)Nc2cccc(C)n2)c2ccc(-c3cccnc3)cc12. The summed E-state index contributed by atoms with van der Waals surface area (Å²) in [7, 11) is 0. The first kappa shape index (κ1) is 22.4. The van der Waals surface area contributed by atoms with Crippen LogP contribution in [0.15, 0.2) is 60.9 Å². The number of fused-ring (bicyclic) bond motifs is 1. The standard InChI is InChI=1S/C26H24N6O3/c1-16-5-3-7-23(28-16)29-26(35)22-10-12-31(22)24(34)15-32-21-9-8-18(19-6-4-11-27-14-19)13-20(21)25(30-32)17(2)33/h3-9,11,13-14,22H,10,12,15H2,1-2H3,(H,28,29,35). The molecule has 0 spiro atoms. The number of carbonyl (C=O) groups is 3. The normalized spacial score (nSPS) is 15.0. The maximum atomic E-state index is 13.1. The van der Waals surface area contributed by atoms with E-state index in [0.29, 0.717) is 35.4 Å². The first-order valence-electron chi connectivity index (χ1n) is 11.4. The third kappa shape index (κ3) is 4.40. The molecule has 1 aliphatic heterocycles. The second kappa shape index (κ2) is 9.09. The fourth-order valence-corrected chi connectivity index (χ4v) is 4.27. The van der Waals surface area contributed by atoms with Gasteiger partial charge >= 0.3 is 0 Å². The van der Waals surface area contributed by atoms with E-state index < -0.39 is 6.04 Å². The van der Waals surface area contributed by atoms with Crippen LogP contribution in [0, 0.1) is 6.92 Å². The summed E-state index contributed by atoms with van der Waals surface area (Å²) in [6, 6.07) is 14.3. The molecule has 3 aromatic heterocycles. The quantitative estimate of drug-likeness (QED) is 0.435. The van der Waals surface area contributed by atoms with Crippen molar-refractivity contribution in [3.05, 3.63) is 72.3 Å². The maximum Gasteiger partial charge on any atom is 0.248 e. The van der Waals surface area contributed by atoms with Crippen LogP contribution in [-0.4, -0.2) is 54.8 Å². The van der Waals surface area contributed by atoms with E-state index in [2.05, 4.69) is 20.4 Å². The predicted molar refractivity (Wildman–Crippen MR) is 131 cm³/mol. The molecule has 0 aliphatic carbocycles. The Bertz CT molecular complexity index is 1450. The summed E-state index contributed by atoms with van der Waals surface area (Å²) in [5, 5.41) is 7.91. The van der Waals surface area contributed by atoms with Gasteiger partial charge in [-0.25, -0.2) is 4.98 Å². The molecule has 1 atom stereocenters. The number of nitrogens with one attached hydrogen (secondary N) is 1. The van der Waals surface area contributed by atoms with Crippen molar-refractivity contribution in [3.63, 3.8) is 0 Å². The molecule has 176 valence electrons. The minimum atomic E-state index is -0.559. The lowest BCUT2D eigenvalue weighted by molar-refractivity contribution is -0.145. The molecule has 1 unspecified atom stereocenters. The smallest absolute Gasteiger partial charge is 0.248 e. The van der Waals surface area contributed by atoms with Crippen LogP contribution in [0.4, 0.5) is 5.82 Å². The monoisotopic (exact) mass is 468 g/mol. The van der Waals surface area contributed by atoms with Gasteiger partial charge in [0.1, 0.15) is 24.1 Å². The number of rotatable bonds is 6. The van der Waals surface area contributed by atoms with Gasteiger partial charge in [-0.1, -0.05) is 18.2 Å². The van der Waals surface area contributed by atoms with E-state index in [1.807, 2.05) is 49.4 Å². The van der Waals surface area contributed by atoms with Gasteiger partial charge in [-0.15, -0.1) is 0 Å². The number of benzene rings is 1. The number of ketones is 1. The molecule has 1 saturated heterocycles. The number of aromatic nitrogens is 4. The molecule has 1 aliphatic rings. The Morgan fingerprint density at radius 1 is 1.09 bits per heavy atom. The summed E-state index contributed by atoms with van der Waals surface area (Å²) < 4.78 is 1.54. The van der Waals surface area contributed by atoms with Gasteiger partial charge < -0.3 is 10.2 Å². The van der Waals surface area contributed by atoms with Crippen molar-refractivity contribution >= 4 is 34.3 Å². The van der Waals surface area contributed by atoms with Crippen molar-refractivity contribution < 1.29 is 14.4 Å². The minimum absolute atomic E-state index is 0.0670. The van der Waals surface area contributed by atoms with E-state index in [1.165, 1.54) is 16.5 Å². The molecule has 1 fully saturated rings. The number of amides is 2. The van der Waals surface area contributed by atoms with Crippen molar-refractivity contribution in [2.75, 3.05) is 11.9 Å². The molecule has 1 N–H and O–H groups in total. The Kier molecular flexibility index (Phi) is 5.82. The van der Waals surface area contributed by atoms with Crippen molar-refractivity contribution in [1.82, 2.24) is 24.6 Å². The molecule has 9 heteroatoms. The van der Waals surface area contributed by atoms with Crippen LogP contribution in [0.3, 0.4) is 0 Å². The predicted octanol–water partition coefficient (Wildman–Crippen LogP) is 3.24. The highest BCUT2D eigenvalue weighted by molar-refractivity contribution is 6.06. The highest BCUT2D eigenvalue weighted by Gasteiger charge is 2.38. The van der Waals surface area contributed by atoms with Gasteiger partial charge in [-0.2, -0.15) is 5.10 Å². The van der Waals surface area contributed by atoms with Crippen LogP contribution < -0.4 is 5.32 Å². The van der Waals surface area contributed by atoms with Crippen LogP contribution in [0.1, 0.15) is 29.5 Å². The number of pyridine rings is 2. The van der Waals surface area contributed by atoms with Gasteiger partial charge in [-0.05, 0) is 49.2 Å². The second-order valence-corrected chi connectivity index (χ2v) is 8.58. The zero-order chi connectivity index (χ0) is 24.5. The van der Waals surface area contributed by atoms with Gasteiger partial charge in [0.2, 0.25) is 11.8 Å². The Morgan fingerprint density at radius 3 is 2.63 bits per heavy atom. The maximum absolute atomic E-state index is 13.1. The Labute approximate surface area is 201 Å². The highest BCUT2D eigenvalue weighted by Crippen LogP contribution is 2.27. The summed E-state index contributed by atoms with van der Waals surface area (Å²) in [4.78, 5) is 48.1. The summed E-state index contributed by atoms with van der Waals surface area (Å²) in [6.45, 7) is 3.72. The van der Waals surface area contributed by atoms with E-state index in [1.54, 1.807) is 18.5 Å². The molecule has 0 saturated carbocycles. The molecule has 5 rings (SSSR count). The molecule has 9 nitrogen and oxygen atoms in total. The zero-order valence-corrected chi connectivity index (χ0v) is 19.4. The van der Waals surface area contributed by atoms with E-state index >= 15 is 0 Å². The van der Waals surface area contributed by atoms with Gasteiger partial charge in [0, 0.05) is 42.5 Å².